The van der Waals surface area contributed by atoms with Gasteiger partial charge in [-0.05, 0) is 50.1 Å². The first kappa shape index (κ1) is 19.0. The zero-order valence-electron chi connectivity index (χ0n) is 15.3. The van der Waals surface area contributed by atoms with Crippen molar-refractivity contribution >= 4 is 17.5 Å². The lowest BCUT2D eigenvalue weighted by atomic mass is 10.1. The molecule has 27 heavy (non-hydrogen) atoms. The van der Waals surface area contributed by atoms with Crippen LogP contribution in [0.2, 0.25) is 5.02 Å². The lowest BCUT2D eigenvalue weighted by Crippen LogP contribution is -2.26. The van der Waals surface area contributed by atoms with Gasteiger partial charge in [0.15, 0.2) is 0 Å². The average molecular weight is 385 g/mol. The largest absolute Gasteiger partial charge is 0.488 e. The second-order valence-corrected chi connectivity index (χ2v) is 6.66. The fourth-order valence-corrected chi connectivity index (χ4v) is 2.96. The van der Waals surface area contributed by atoms with Gasteiger partial charge < -0.3 is 14.6 Å². The molecule has 1 aromatic heterocycles. The van der Waals surface area contributed by atoms with Gasteiger partial charge in [0.05, 0.1) is 16.8 Å². The molecule has 0 bridgehead atoms. The molecule has 0 spiro atoms. The number of hydrogen-bond donors (Lipinski definition) is 1. The molecular weight excluding hydrogens is 364 g/mol. The van der Waals surface area contributed by atoms with Crippen LogP contribution in [0.5, 0.6) is 5.75 Å². The number of benzene rings is 2. The number of halogens is 1. The predicted molar refractivity (Wildman–Crippen MR) is 104 cm³/mol. The minimum Gasteiger partial charge on any atom is -0.488 e. The molecule has 1 N–H and O–H groups in total. The number of hydrogen-bond acceptors (Lipinski definition) is 4. The standard InChI is InChI=1S/C21H21ClN2O3/c1-14-19(15(2)27-24-14)13-26-20-9-4-3-8-18(20)21(25)23-11-10-16-6-5-7-17(22)12-16/h3-9,12H,10-11,13H2,1-2H3,(H,23,25). The first-order chi connectivity index (χ1) is 13.0. The van der Waals surface area contributed by atoms with Gasteiger partial charge in [-0.15, -0.1) is 0 Å². The van der Waals surface area contributed by atoms with Gasteiger partial charge in [0.2, 0.25) is 0 Å². The van der Waals surface area contributed by atoms with Crippen LogP contribution < -0.4 is 10.1 Å². The fraction of sp³-hybridized carbons (Fsp3) is 0.238. The molecule has 140 valence electrons. The summed E-state index contributed by atoms with van der Waals surface area (Å²) in [5.74, 6) is 1.07. The summed E-state index contributed by atoms with van der Waals surface area (Å²) in [6.07, 6.45) is 0.703. The Balaban J connectivity index is 1.61. The molecular formula is C21H21ClN2O3. The van der Waals surface area contributed by atoms with Gasteiger partial charge in [-0.2, -0.15) is 0 Å². The van der Waals surface area contributed by atoms with Crippen LogP contribution in [0.25, 0.3) is 0 Å². The molecule has 1 amide bonds. The molecule has 5 nitrogen and oxygen atoms in total. The highest BCUT2D eigenvalue weighted by molar-refractivity contribution is 6.30. The normalized spacial score (nSPS) is 10.6. The van der Waals surface area contributed by atoms with Crippen molar-refractivity contribution in [2.24, 2.45) is 0 Å². The summed E-state index contributed by atoms with van der Waals surface area (Å²) < 4.78 is 11.0. The third kappa shape index (κ3) is 4.89. The molecule has 1 heterocycles. The molecule has 3 rings (SSSR count). The van der Waals surface area contributed by atoms with Crippen molar-refractivity contribution in [3.05, 3.63) is 81.7 Å². The summed E-state index contributed by atoms with van der Waals surface area (Å²) in [5.41, 5.74) is 3.25. The van der Waals surface area contributed by atoms with Crippen LogP contribution in [0.1, 0.15) is 32.9 Å². The first-order valence-electron chi connectivity index (χ1n) is 8.71. The van der Waals surface area contributed by atoms with Gasteiger partial charge >= 0.3 is 0 Å². The van der Waals surface area contributed by atoms with E-state index in [1.54, 1.807) is 12.1 Å². The number of aryl methyl sites for hydroxylation is 2. The SMILES string of the molecule is Cc1noc(C)c1COc1ccccc1C(=O)NCCc1cccc(Cl)c1. The molecule has 0 aliphatic heterocycles. The van der Waals surface area contributed by atoms with Gasteiger partial charge in [-0.3, -0.25) is 4.79 Å². The second kappa shape index (κ2) is 8.73. The summed E-state index contributed by atoms with van der Waals surface area (Å²) in [5, 5.41) is 7.54. The number of amides is 1. The lowest BCUT2D eigenvalue weighted by Gasteiger charge is -2.12. The Morgan fingerprint density at radius 2 is 2.00 bits per heavy atom. The molecule has 0 radical (unpaired) electrons. The van der Waals surface area contributed by atoms with Crippen molar-refractivity contribution in [2.45, 2.75) is 26.9 Å². The summed E-state index contributed by atoms with van der Waals surface area (Å²) in [4.78, 5) is 12.6. The second-order valence-electron chi connectivity index (χ2n) is 6.22. The molecule has 0 fully saturated rings. The Bertz CT molecular complexity index is 917. The summed E-state index contributed by atoms with van der Waals surface area (Å²) in [6.45, 7) is 4.52. The molecule has 0 unspecified atom stereocenters. The van der Waals surface area contributed by atoms with Gasteiger partial charge in [-0.25, -0.2) is 0 Å². The Labute approximate surface area is 163 Å². The Morgan fingerprint density at radius 3 is 2.74 bits per heavy atom. The van der Waals surface area contributed by atoms with Crippen molar-refractivity contribution in [3.63, 3.8) is 0 Å². The van der Waals surface area contributed by atoms with Gasteiger partial charge in [0.1, 0.15) is 18.1 Å². The van der Waals surface area contributed by atoms with E-state index in [-0.39, 0.29) is 5.91 Å². The van der Waals surface area contributed by atoms with E-state index in [1.165, 1.54) is 0 Å². The highest BCUT2D eigenvalue weighted by atomic mass is 35.5. The maximum atomic E-state index is 12.6. The van der Waals surface area contributed by atoms with E-state index in [9.17, 15) is 4.79 Å². The van der Waals surface area contributed by atoms with Gasteiger partial charge in [-0.1, -0.05) is 41.0 Å². The van der Waals surface area contributed by atoms with Crippen molar-refractivity contribution in [1.82, 2.24) is 10.5 Å². The molecule has 0 saturated carbocycles. The van der Waals surface area contributed by atoms with Gasteiger partial charge in [0.25, 0.3) is 5.91 Å². The lowest BCUT2D eigenvalue weighted by molar-refractivity contribution is 0.0949. The minimum absolute atomic E-state index is 0.175. The number of ether oxygens (including phenoxy) is 1. The summed E-state index contributed by atoms with van der Waals surface area (Å²) >= 11 is 5.99. The maximum Gasteiger partial charge on any atom is 0.255 e. The predicted octanol–water partition coefficient (Wildman–Crippen LogP) is 4.50. The molecule has 0 atom stereocenters. The molecule has 0 aliphatic carbocycles. The number of aromatic nitrogens is 1. The van der Waals surface area contributed by atoms with Crippen molar-refractivity contribution < 1.29 is 14.1 Å². The summed E-state index contributed by atoms with van der Waals surface area (Å²) in [7, 11) is 0. The van der Waals surface area contributed by atoms with E-state index in [0.717, 1.165) is 22.6 Å². The third-order valence-electron chi connectivity index (χ3n) is 4.27. The zero-order valence-corrected chi connectivity index (χ0v) is 16.0. The van der Waals surface area contributed by atoms with E-state index in [0.29, 0.717) is 35.9 Å². The number of carbonyl (C=O) groups is 1. The number of nitrogens with zero attached hydrogens (tertiary/aromatic N) is 1. The smallest absolute Gasteiger partial charge is 0.255 e. The van der Waals surface area contributed by atoms with E-state index < -0.39 is 0 Å². The average Bonchev–Trinajstić information content (AvgIpc) is 2.98. The number of carbonyl (C=O) groups excluding carboxylic acids is 1. The van der Waals surface area contributed by atoms with Crippen LogP contribution in [-0.4, -0.2) is 17.6 Å². The number of para-hydroxylation sites is 1. The van der Waals surface area contributed by atoms with E-state index in [1.807, 2.05) is 50.2 Å². The molecule has 2 aromatic carbocycles. The number of nitrogens with one attached hydrogen (secondary N) is 1. The van der Waals surface area contributed by atoms with Crippen LogP contribution in [-0.2, 0) is 13.0 Å². The molecule has 0 aliphatic rings. The van der Waals surface area contributed by atoms with Crippen LogP contribution in [0, 0.1) is 13.8 Å². The van der Waals surface area contributed by atoms with Crippen LogP contribution in [0.4, 0.5) is 0 Å². The van der Waals surface area contributed by atoms with E-state index >= 15 is 0 Å². The Kier molecular flexibility index (Phi) is 6.14. The Hall–Kier alpha value is -2.79. The highest BCUT2D eigenvalue weighted by Gasteiger charge is 2.14. The maximum absolute atomic E-state index is 12.6. The van der Waals surface area contributed by atoms with E-state index in [2.05, 4.69) is 10.5 Å². The first-order valence-corrected chi connectivity index (χ1v) is 9.08. The Morgan fingerprint density at radius 1 is 1.19 bits per heavy atom. The van der Waals surface area contributed by atoms with Gasteiger partial charge in [0, 0.05) is 11.6 Å². The molecule has 6 heteroatoms. The molecule has 0 saturated heterocycles. The molecule has 3 aromatic rings. The summed E-state index contributed by atoms with van der Waals surface area (Å²) in [6, 6.07) is 14.8. The van der Waals surface area contributed by atoms with Crippen molar-refractivity contribution in [3.8, 4) is 5.75 Å². The van der Waals surface area contributed by atoms with Crippen LogP contribution in [0.15, 0.2) is 53.1 Å². The van der Waals surface area contributed by atoms with Crippen LogP contribution >= 0.6 is 11.6 Å². The minimum atomic E-state index is -0.175. The highest BCUT2D eigenvalue weighted by Crippen LogP contribution is 2.21. The quantitative estimate of drug-likeness (QED) is 0.651. The zero-order chi connectivity index (χ0) is 19.2. The van der Waals surface area contributed by atoms with E-state index in [4.69, 9.17) is 20.9 Å². The van der Waals surface area contributed by atoms with Crippen molar-refractivity contribution in [1.29, 1.82) is 0 Å². The van der Waals surface area contributed by atoms with Crippen LogP contribution in [0.3, 0.4) is 0 Å². The topological polar surface area (TPSA) is 64.4 Å². The van der Waals surface area contributed by atoms with Crippen molar-refractivity contribution in [2.75, 3.05) is 6.54 Å². The number of rotatable bonds is 7. The monoisotopic (exact) mass is 384 g/mol. The third-order valence-corrected chi connectivity index (χ3v) is 4.51. The fourth-order valence-electron chi connectivity index (χ4n) is 2.75.